The molecule has 1 aliphatic rings. The maximum atomic E-state index is 12.8. The van der Waals surface area contributed by atoms with E-state index < -0.39 is 17.3 Å². The highest BCUT2D eigenvalue weighted by molar-refractivity contribution is 5.39. The minimum atomic E-state index is -4.38. The van der Waals surface area contributed by atoms with E-state index in [1.54, 1.807) is 6.07 Å². The minimum Gasteiger partial charge on any atom is -0.497 e. The van der Waals surface area contributed by atoms with Crippen LogP contribution in [0.25, 0.3) is 0 Å². The molecule has 1 aliphatic carbocycles. The number of hydrogen-bond donors (Lipinski definition) is 1. The summed E-state index contributed by atoms with van der Waals surface area (Å²) in [7, 11) is 1.36. The molecule has 1 fully saturated rings. The van der Waals surface area contributed by atoms with E-state index in [0.717, 1.165) is 37.8 Å². The Labute approximate surface area is 104 Å². The maximum absolute atomic E-state index is 12.8. The van der Waals surface area contributed by atoms with Crippen molar-refractivity contribution in [3.63, 3.8) is 0 Å². The first kappa shape index (κ1) is 13.2. The van der Waals surface area contributed by atoms with Gasteiger partial charge in [0.2, 0.25) is 0 Å². The van der Waals surface area contributed by atoms with Crippen molar-refractivity contribution in [3.05, 3.63) is 29.3 Å². The van der Waals surface area contributed by atoms with Gasteiger partial charge in [-0.1, -0.05) is 12.8 Å². The Morgan fingerprint density at radius 3 is 2.28 bits per heavy atom. The second-order valence-corrected chi connectivity index (χ2v) is 4.81. The minimum absolute atomic E-state index is 0.205. The summed E-state index contributed by atoms with van der Waals surface area (Å²) >= 11 is 0. The van der Waals surface area contributed by atoms with Gasteiger partial charge in [0.15, 0.2) is 0 Å². The fraction of sp³-hybridized carbons (Fsp3) is 0.538. The molecule has 0 spiro atoms. The van der Waals surface area contributed by atoms with Gasteiger partial charge in [-0.2, -0.15) is 13.2 Å². The molecule has 0 bridgehead atoms. The number of benzene rings is 1. The summed E-state index contributed by atoms with van der Waals surface area (Å²) in [4.78, 5) is 0. The molecule has 2 N–H and O–H groups in total. The Kier molecular flexibility index (Phi) is 3.27. The van der Waals surface area contributed by atoms with Crippen LogP contribution in [0.4, 0.5) is 13.2 Å². The number of hydrogen-bond acceptors (Lipinski definition) is 2. The van der Waals surface area contributed by atoms with Crippen molar-refractivity contribution in [1.82, 2.24) is 0 Å². The predicted molar refractivity (Wildman–Crippen MR) is 62.3 cm³/mol. The first-order valence-corrected chi connectivity index (χ1v) is 5.91. The van der Waals surface area contributed by atoms with Crippen LogP contribution < -0.4 is 10.5 Å². The second-order valence-electron chi connectivity index (χ2n) is 4.81. The molecule has 1 saturated carbocycles. The monoisotopic (exact) mass is 259 g/mol. The van der Waals surface area contributed by atoms with Gasteiger partial charge in [0.1, 0.15) is 5.75 Å². The molecule has 1 aromatic carbocycles. The van der Waals surface area contributed by atoms with Gasteiger partial charge in [-0.25, -0.2) is 0 Å². The molecule has 0 saturated heterocycles. The number of rotatable bonds is 2. The van der Waals surface area contributed by atoms with Crippen LogP contribution in [0.5, 0.6) is 5.75 Å². The molecule has 0 atom stereocenters. The zero-order chi connectivity index (χ0) is 13.4. The average molecular weight is 259 g/mol. The zero-order valence-electron chi connectivity index (χ0n) is 10.2. The SMILES string of the molecule is COc1cc(C(F)(F)F)cc(C2(N)CCCC2)c1. The fourth-order valence-corrected chi connectivity index (χ4v) is 2.46. The first-order chi connectivity index (χ1) is 8.35. The van der Waals surface area contributed by atoms with Crippen LogP contribution in [-0.4, -0.2) is 7.11 Å². The van der Waals surface area contributed by atoms with Crippen molar-refractivity contribution in [3.8, 4) is 5.75 Å². The van der Waals surface area contributed by atoms with E-state index in [-0.39, 0.29) is 5.75 Å². The van der Waals surface area contributed by atoms with E-state index in [2.05, 4.69) is 0 Å². The van der Waals surface area contributed by atoms with Gasteiger partial charge in [0.25, 0.3) is 0 Å². The molecular formula is C13H16F3NO. The highest BCUT2D eigenvalue weighted by Crippen LogP contribution is 2.40. The highest BCUT2D eigenvalue weighted by Gasteiger charge is 2.36. The van der Waals surface area contributed by atoms with Crippen molar-refractivity contribution in [2.45, 2.75) is 37.4 Å². The van der Waals surface area contributed by atoms with Crippen molar-refractivity contribution in [2.75, 3.05) is 7.11 Å². The Morgan fingerprint density at radius 2 is 1.78 bits per heavy atom. The molecule has 0 heterocycles. The van der Waals surface area contributed by atoms with Crippen LogP contribution in [0.1, 0.15) is 36.8 Å². The van der Waals surface area contributed by atoms with Crippen LogP contribution in [0.2, 0.25) is 0 Å². The third-order valence-electron chi connectivity index (χ3n) is 3.54. The molecule has 0 unspecified atom stereocenters. The highest BCUT2D eigenvalue weighted by atomic mass is 19.4. The summed E-state index contributed by atoms with van der Waals surface area (Å²) in [6.07, 6.45) is -1.03. The van der Waals surface area contributed by atoms with Crippen LogP contribution in [0.3, 0.4) is 0 Å². The Hall–Kier alpha value is -1.23. The topological polar surface area (TPSA) is 35.2 Å². The molecular weight excluding hydrogens is 243 g/mol. The summed E-state index contributed by atoms with van der Waals surface area (Å²) in [6.45, 7) is 0. The molecule has 100 valence electrons. The Morgan fingerprint density at radius 1 is 1.17 bits per heavy atom. The van der Waals surface area contributed by atoms with Crippen molar-refractivity contribution in [1.29, 1.82) is 0 Å². The Balaban J connectivity index is 2.47. The lowest BCUT2D eigenvalue weighted by molar-refractivity contribution is -0.137. The quantitative estimate of drug-likeness (QED) is 0.883. The number of halogens is 3. The molecule has 5 heteroatoms. The van der Waals surface area contributed by atoms with Gasteiger partial charge in [-0.3, -0.25) is 0 Å². The van der Waals surface area contributed by atoms with Gasteiger partial charge in [-0.05, 0) is 36.6 Å². The third-order valence-corrected chi connectivity index (χ3v) is 3.54. The van der Waals surface area contributed by atoms with E-state index in [4.69, 9.17) is 10.5 Å². The number of methoxy groups -OCH3 is 1. The van der Waals surface area contributed by atoms with Gasteiger partial charge >= 0.3 is 6.18 Å². The molecule has 0 aliphatic heterocycles. The van der Waals surface area contributed by atoms with Gasteiger partial charge in [0, 0.05) is 5.54 Å². The molecule has 2 rings (SSSR count). The third kappa shape index (κ3) is 2.46. The lowest BCUT2D eigenvalue weighted by Gasteiger charge is -2.25. The van der Waals surface area contributed by atoms with Crippen LogP contribution in [-0.2, 0) is 11.7 Å². The average Bonchev–Trinajstić information content (AvgIpc) is 2.76. The lowest BCUT2D eigenvalue weighted by atomic mass is 9.88. The van der Waals surface area contributed by atoms with Crippen molar-refractivity contribution in [2.24, 2.45) is 5.73 Å². The molecule has 0 aromatic heterocycles. The van der Waals surface area contributed by atoms with E-state index in [9.17, 15) is 13.2 Å². The standard InChI is InChI=1S/C13H16F3NO/c1-18-11-7-9(12(17)4-2-3-5-12)6-10(8-11)13(14,15)16/h6-8H,2-5,17H2,1H3. The number of nitrogens with two attached hydrogens (primary N) is 1. The lowest BCUT2D eigenvalue weighted by Crippen LogP contribution is -2.33. The molecule has 2 nitrogen and oxygen atoms in total. The van der Waals surface area contributed by atoms with Gasteiger partial charge in [0.05, 0.1) is 12.7 Å². The summed E-state index contributed by atoms with van der Waals surface area (Å²) in [5.74, 6) is 0.205. The smallest absolute Gasteiger partial charge is 0.416 e. The van der Waals surface area contributed by atoms with Crippen LogP contribution >= 0.6 is 0 Å². The molecule has 0 radical (unpaired) electrons. The van der Waals surface area contributed by atoms with Crippen molar-refractivity contribution >= 4 is 0 Å². The fourth-order valence-electron chi connectivity index (χ4n) is 2.46. The normalized spacial score (nSPS) is 18.9. The summed E-state index contributed by atoms with van der Waals surface area (Å²) in [5, 5.41) is 0. The number of alkyl halides is 3. The largest absolute Gasteiger partial charge is 0.497 e. The molecule has 0 amide bonds. The Bertz CT molecular complexity index is 436. The summed E-state index contributed by atoms with van der Waals surface area (Å²) in [6, 6.07) is 3.76. The van der Waals surface area contributed by atoms with E-state index in [1.165, 1.54) is 7.11 Å². The second kappa shape index (κ2) is 4.46. The molecule has 1 aromatic rings. The first-order valence-electron chi connectivity index (χ1n) is 5.91. The maximum Gasteiger partial charge on any atom is 0.416 e. The van der Waals surface area contributed by atoms with E-state index in [1.807, 2.05) is 0 Å². The zero-order valence-corrected chi connectivity index (χ0v) is 10.2. The van der Waals surface area contributed by atoms with Crippen molar-refractivity contribution < 1.29 is 17.9 Å². The summed E-state index contributed by atoms with van der Waals surface area (Å²) < 4.78 is 43.3. The van der Waals surface area contributed by atoms with Gasteiger partial charge in [-0.15, -0.1) is 0 Å². The van der Waals surface area contributed by atoms with Gasteiger partial charge < -0.3 is 10.5 Å². The predicted octanol–water partition coefficient (Wildman–Crippen LogP) is 3.44. The van der Waals surface area contributed by atoms with E-state index in [0.29, 0.717) is 5.56 Å². The van der Waals surface area contributed by atoms with E-state index >= 15 is 0 Å². The van der Waals surface area contributed by atoms with Crippen LogP contribution in [0, 0.1) is 0 Å². The van der Waals surface area contributed by atoms with Crippen LogP contribution in [0.15, 0.2) is 18.2 Å². The summed E-state index contributed by atoms with van der Waals surface area (Å²) in [5.41, 5.74) is 5.37. The molecule has 18 heavy (non-hydrogen) atoms. The number of ether oxygens (including phenoxy) is 1.